The van der Waals surface area contributed by atoms with Crippen molar-refractivity contribution in [1.29, 1.82) is 0 Å². The fourth-order valence-corrected chi connectivity index (χ4v) is 4.75. The molecule has 0 saturated carbocycles. The van der Waals surface area contributed by atoms with Crippen molar-refractivity contribution in [3.05, 3.63) is 70.6 Å². The number of Topliss-reactive ketones (excluding diaryl/α,β-unsaturated/α-hetero) is 1. The van der Waals surface area contributed by atoms with Crippen molar-refractivity contribution < 1.29 is 4.79 Å². The summed E-state index contributed by atoms with van der Waals surface area (Å²) in [6, 6.07) is 15.2. The van der Waals surface area contributed by atoms with E-state index < -0.39 is 0 Å². The van der Waals surface area contributed by atoms with Crippen LogP contribution in [0.5, 0.6) is 0 Å². The minimum absolute atomic E-state index is 0.0154. The number of para-hydroxylation sites is 2. The summed E-state index contributed by atoms with van der Waals surface area (Å²) in [4.78, 5) is 29.2. The summed E-state index contributed by atoms with van der Waals surface area (Å²) in [5.41, 5.74) is 2.29. The summed E-state index contributed by atoms with van der Waals surface area (Å²) in [6.45, 7) is 4.83. The molecule has 3 aromatic heterocycles. The zero-order valence-electron chi connectivity index (χ0n) is 17.9. The second kappa shape index (κ2) is 8.27. The van der Waals surface area contributed by atoms with E-state index in [9.17, 15) is 9.59 Å². The van der Waals surface area contributed by atoms with Gasteiger partial charge in [-0.2, -0.15) is 0 Å². The van der Waals surface area contributed by atoms with Crippen LogP contribution in [-0.4, -0.2) is 35.7 Å². The number of nitrogens with one attached hydrogen (secondary N) is 1. The lowest BCUT2D eigenvalue weighted by Crippen LogP contribution is -2.24. The number of benzene rings is 2. The van der Waals surface area contributed by atoms with Gasteiger partial charge in [0, 0.05) is 29.2 Å². The van der Waals surface area contributed by atoms with E-state index in [0.29, 0.717) is 34.3 Å². The topological polar surface area (TPSA) is 85.0 Å². The predicted octanol–water partition coefficient (Wildman–Crippen LogP) is 4.55. The van der Waals surface area contributed by atoms with Gasteiger partial charge in [-0.25, -0.2) is 0 Å². The van der Waals surface area contributed by atoms with Gasteiger partial charge < -0.3 is 4.98 Å². The molecule has 7 nitrogen and oxygen atoms in total. The highest BCUT2D eigenvalue weighted by Crippen LogP contribution is 2.25. The normalized spacial score (nSPS) is 11.8. The Morgan fingerprint density at radius 1 is 1.06 bits per heavy atom. The lowest BCUT2D eigenvalue weighted by atomic mass is 10.1. The molecule has 5 rings (SSSR count). The van der Waals surface area contributed by atoms with Gasteiger partial charge in [0.2, 0.25) is 5.78 Å². The van der Waals surface area contributed by atoms with Crippen molar-refractivity contribution >= 4 is 45.1 Å². The molecule has 162 valence electrons. The van der Waals surface area contributed by atoms with Crippen molar-refractivity contribution in [3.63, 3.8) is 0 Å². The van der Waals surface area contributed by atoms with Crippen LogP contribution in [0.4, 0.5) is 0 Å². The maximum absolute atomic E-state index is 13.1. The minimum Gasteiger partial charge on any atom is -0.360 e. The van der Waals surface area contributed by atoms with Gasteiger partial charge in [-0.05, 0) is 30.5 Å². The van der Waals surface area contributed by atoms with Crippen LogP contribution in [0.3, 0.4) is 0 Å². The molecular weight excluding hydrogens is 422 g/mol. The molecule has 2 aromatic carbocycles. The molecule has 1 N–H and O–H groups in total. The maximum atomic E-state index is 13.1. The Balaban J connectivity index is 1.53. The van der Waals surface area contributed by atoms with Gasteiger partial charge in [-0.3, -0.25) is 18.6 Å². The van der Waals surface area contributed by atoms with Gasteiger partial charge in [0.25, 0.3) is 5.56 Å². The molecule has 5 aromatic rings. The number of nitrogens with zero attached hydrogens (tertiary/aromatic N) is 4. The van der Waals surface area contributed by atoms with Crippen LogP contribution in [-0.2, 0) is 6.54 Å². The number of rotatable bonds is 7. The monoisotopic (exact) mass is 445 g/mol. The lowest BCUT2D eigenvalue weighted by Gasteiger charge is -2.12. The highest BCUT2D eigenvalue weighted by molar-refractivity contribution is 7.99. The average molecular weight is 446 g/mol. The van der Waals surface area contributed by atoms with E-state index in [0.717, 1.165) is 22.8 Å². The van der Waals surface area contributed by atoms with Gasteiger partial charge in [0.05, 0.1) is 16.7 Å². The number of carbonyl (C=O) groups is 1. The van der Waals surface area contributed by atoms with Gasteiger partial charge in [-0.1, -0.05) is 55.9 Å². The smallest absolute Gasteiger partial charge is 0.262 e. The number of aromatic nitrogens is 5. The molecule has 0 unspecified atom stereocenters. The first kappa shape index (κ1) is 20.5. The average Bonchev–Trinajstić information content (AvgIpc) is 3.42. The second-order valence-corrected chi connectivity index (χ2v) is 9.18. The zero-order chi connectivity index (χ0) is 22.2. The molecular formula is C24H23N5O2S. The molecule has 0 saturated heterocycles. The highest BCUT2D eigenvalue weighted by Gasteiger charge is 2.19. The molecule has 0 radical (unpaired) electrons. The molecule has 0 spiro atoms. The number of hydrogen-bond donors (Lipinski definition) is 1. The minimum atomic E-state index is -0.0624. The Hall–Kier alpha value is -3.39. The zero-order valence-corrected chi connectivity index (χ0v) is 18.7. The van der Waals surface area contributed by atoms with Gasteiger partial charge in [0.1, 0.15) is 0 Å². The van der Waals surface area contributed by atoms with Crippen molar-refractivity contribution in [2.75, 3.05) is 5.75 Å². The molecule has 0 bridgehead atoms. The summed E-state index contributed by atoms with van der Waals surface area (Å²) >= 11 is 1.34. The number of ketones is 1. The summed E-state index contributed by atoms with van der Waals surface area (Å²) < 4.78 is 3.59. The third-order valence-corrected chi connectivity index (χ3v) is 6.56. The summed E-state index contributed by atoms with van der Waals surface area (Å²) in [6.07, 6.45) is 2.62. The summed E-state index contributed by atoms with van der Waals surface area (Å²) in [5, 5.41) is 10.8. The van der Waals surface area contributed by atoms with Gasteiger partial charge >= 0.3 is 0 Å². The standard InChI is InChI=1S/C24H23N5O2S/c1-15(2)11-12-28-22(31)17-8-4-6-10-20(17)29-23(28)26-27-24(29)32-14-21(30)18-13-25-19-9-5-3-7-16(18)19/h3-10,13,15,25H,11-12,14H2,1-2H3. The Labute approximate surface area is 188 Å². The van der Waals surface area contributed by atoms with E-state index in [1.807, 2.05) is 52.9 Å². The van der Waals surface area contributed by atoms with Crippen LogP contribution in [0.25, 0.3) is 27.6 Å². The molecule has 8 heteroatoms. The van der Waals surface area contributed by atoms with Gasteiger partial charge in [-0.15, -0.1) is 10.2 Å². The fourth-order valence-electron chi connectivity index (χ4n) is 3.93. The van der Waals surface area contributed by atoms with E-state index in [-0.39, 0.29) is 17.1 Å². The summed E-state index contributed by atoms with van der Waals surface area (Å²) in [7, 11) is 0. The Bertz CT molecular complexity index is 1510. The first-order chi connectivity index (χ1) is 15.5. The molecule has 0 amide bonds. The molecule has 0 aliphatic carbocycles. The lowest BCUT2D eigenvalue weighted by molar-refractivity contribution is 0.102. The SMILES string of the molecule is CC(C)CCn1c(=O)c2ccccc2n2c(SCC(=O)c3c[nH]c4ccccc34)nnc12. The molecule has 0 fully saturated rings. The van der Waals surface area contributed by atoms with E-state index in [1.165, 1.54) is 11.8 Å². The third kappa shape index (κ3) is 3.50. The fraction of sp³-hybridized carbons (Fsp3) is 0.250. The molecule has 3 heterocycles. The molecule has 32 heavy (non-hydrogen) atoms. The first-order valence-electron chi connectivity index (χ1n) is 10.6. The number of aromatic amines is 1. The van der Waals surface area contributed by atoms with Crippen molar-refractivity contribution in [2.24, 2.45) is 5.92 Å². The van der Waals surface area contributed by atoms with Crippen LogP contribution in [0.15, 0.2) is 64.7 Å². The molecule has 0 atom stereocenters. The number of H-pyrrole nitrogens is 1. The second-order valence-electron chi connectivity index (χ2n) is 8.23. The van der Waals surface area contributed by atoms with Crippen LogP contribution in [0.1, 0.15) is 30.6 Å². The third-order valence-electron chi connectivity index (χ3n) is 5.63. The van der Waals surface area contributed by atoms with Crippen LogP contribution in [0, 0.1) is 5.92 Å². The van der Waals surface area contributed by atoms with Crippen molar-refractivity contribution in [1.82, 2.24) is 24.1 Å². The van der Waals surface area contributed by atoms with E-state index >= 15 is 0 Å². The number of thioether (sulfide) groups is 1. The maximum Gasteiger partial charge on any atom is 0.262 e. The Kier molecular flexibility index (Phi) is 5.30. The Morgan fingerprint density at radius 2 is 1.81 bits per heavy atom. The van der Waals surface area contributed by atoms with Crippen LogP contribution < -0.4 is 5.56 Å². The van der Waals surface area contributed by atoms with Crippen molar-refractivity contribution in [3.8, 4) is 0 Å². The molecule has 0 aliphatic heterocycles. The largest absolute Gasteiger partial charge is 0.360 e. The number of carbonyl (C=O) groups excluding carboxylic acids is 1. The Morgan fingerprint density at radius 3 is 2.62 bits per heavy atom. The first-order valence-corrected chi connectivity index (χ1v) is 11.6. The number of hydrogen-bond acceptors (Lipinski definition) is 5. The van der Waals surface area contributed by atoms with Crippen LogP contribution >= 0.6 is 11.8 Å². The highest BCUT2D eigenvalue weighted by atomic mass is 32.2. The van der Waals surface area contributed by atoms with Gasteiger partial charge in [0.15, 0.2) is 10.9 Å². The molecule has 0 aliphatic rings. The van der Waals surface area contributed by atoms with E-state index in [4.69, 9.17) is 0 Å². The van der Waals surface area contributed by atoms with Crippen LogP contribution in [0.2, 0.25) is 0 Å². The number of aryl methyl sites for hydroxylation is 1. The van der Waals surface area contributed by atoms with E-state index in [1.54, 1.807) is 10.8 Å². The predicted molar refractivity (Wildman–Crippen MR) is 128 cm³/mol. The van der Waals surface area contributed by atoms with Crippen molar-refractivity contribution in [2.45, 2.75) is 32.0 Å². The van der Waals surface area contributed by atoms with E-state index in [2.05, 4.69) is 29.0 Å². The quantitative estimate of drug-likeness (QED) is 0.294. The number of fused-ring (bicyclic) bond motifs is 4. The summed E-state index contributed by atoms with van der Waals surface area (Å²) in [5.74, 6) is 1.21.